The van der Waals surface area contributed by atoms with E-state index >= 15 is 0 Å². The standard InChI is InChI=1S/C27H29N3O4S/c1-4-30-13-12-19-22(15-30)35-26-23(19)25(31)28-24(29-26)18-10-11-20(21(14-18)33-5-2)34-27(32)17-8-6-16(3)7-9-17/h6-11,14,24,29H,4-5,12-13,15H2,1-3H3,(H,28,31)/t24-/m0/s1. The average Bonchev–Trinajstić information content (AvgIpc) is 3.23. The minimum absolute atomic E-state index is 0.0565. The Bertz CT molecular complexity index is 1270. The first kappa shape index (κ1) is 23.4. The first-order chi connectivity index (χ1) is 17.0. The number of esters is 1. The number of amides is 1. The summed E-state index contributed by atoms with van der Waals surface area (Å²) in [6.45, 7) is 9.29. The quantitative estimate of drug-likeness (QED) is 0.377. The van der Waals surface area contributed by atoms with Gasteiger partial charge in [-0.25, -0.2) is 4.79 Å². The molecule has 0 bridgehead atoms. The van der Waals surface area contributed by atoms with E-state index in [2.05, 4.69) is 22.5 Å². The molecule has 0 radical (unpaired) electrons. The minimum Gasteiger partial charge on any atom is -0.490 e. The number of anilines is 1. The first-order valence-corrected chi connectivity index (χ1v) is 12.8. The molecule has 2 aliphatic heterocycles. The lowest BCUT2D eigenvalue weighted by Gasteiger charge is -2.28. The van der Waals surface area contributed by atoms with Gasteiger partial charge in [0.2, 0.25) is 0 Å². The second kappa shape index (κ2) is 9.71. The highest BCUT2D eigenvalue weighted by Gasteiger charge is 2.33. The summed E-state index contributed by atoms with van der Waals surface area (Å²) >= 11 is 1.67. The Morgan fingerprint density at radius 3 is 2.66 bits per heavy atom. The fourth-order valence-electron chi connectivity index (χ4n) is 4.51. The van der Waals surface area contributed by atoms with Crippen LogP contribution in [-0.2, 0) is 13.0 Å². The highest BCUT2D eigenvalue weighted by atomic mass is 32.1. The Morgan fingerprint density at radius 1 is 1.11 bits per heavy atom. The zero-order chi connectivity index (χ0) is 24.5. The maximum atomic E-state index is 13.1. The van der Waals surface area contributed by atoms with Gasteiger partial charge in [0.25, 0.3) is 5.91 Å². The van der Waals surface area contributed by atoms with E-state index in [9.17, 15) is 9.59 Å². The monoisotopic (exact) mass is 491 g/mol. The van der Waals surface area contributed by atoms with E-state index in [4.69, 9.17) is 9.47 Å². The molecule has 3 heterocycles. The maximum Gasteiger partial charge on any atom is 0.343 e. The van der Waals surface area contributed by atoms with Crippen molar-refractivity contribution >= 4 is 28.2 Å². The number of ether oxygens (including phenoxy) is 2. The van der Waals surface area contributed by atoms with Crippen molar-refractivity contribution in [3.05, 3.63) is 75.2 Å². The molecule has 0 fully saturated rings. The van der Waals surface area contributed by atoms with Crippen molar-refractivity contribution in [2.24, 2.45) is 0 Å². The third kappa shape index (κ3) is 4.63. The van der Waals surface area contributed by atoms with Crippen LogP contribution in [-0.4, -0.2) is 36.5 Å². The van der Waals surface area contributed by atoms with Crippen molar-refractivity contribution in [3.8, 4) is 11.5 Å². The van der Waals surface area contributed by atoms with E-state index in [1.165, 1.54) is 10.4 Å². The lowest BCUT2D eigenvalue weighted by Crippen LogP contribution is -2.38. The van der Waals surface area contributed by atoms with E-state index in [0.29, 0.717) is 23.7 Å². The van der Waals surface area contributed by atoms with Gasteiger partial charge in [-0.2, -0.15) is 0 Å². The molecule has 2 aliphatic rings. The third-order valence-electron chi connectivity index (χ3n) is 6.45. The Hall–Kier alpha value is -3.36. The van der Waals surface area contributed by atoms with Gasteiger partial charge in [0.05, 0.1) is 17.7 Å². The van der Waals surface area contributed by atoms with Crippen molar-refractivity contribution in [1.82, 2.24) is 10.2 Å². The van der Waals surface area contributed by atoms with Crippen molar-refractivity contribution in [1.29, 1.82) is 0 Å². The number of likely N-dealkylation sites (N-methyl/N-ethyl adjacent to an activating group) is 1. The highest BCUT2D eigenvalue weighted by Crippen LogP contribution is 2.41. The maximum absolute atomic E-state index is 13.1. The Kier molecular flexibility index (Phi) is 6.49. The molecular weight excluding hydrogens is 462 g/mol. The van der Waals surface area contributed by atoms with Crippen LogP contribution in [0.2, 0.25) is 0 Å². The molecule has 1 aromatic heterocycles. The summed E-state index contributed by atoms with van der Waals surface area (Å²) < 4.78 is 11.4. The second-order valence-corrected chi connectivity index (χ2v) is 9.88. The van der Waals surface area contributed by atoms with Gasteiger partial charge in [-0.3, -0.25) is 9.69 Å². The van der Waals surface area contributed by atoms with Crippen molar-refractivity contribution in [2.75, 3.05) is 25.0 Å². The lowest BCUT2D eigenvalue weighted by molar-refractivity contribution is 0.0728. The predicted molar refractivity (Wildman–Crippen MR) is 137 cm³/mol. The topological polar surface area (TPSA) is 79.9 Å². The molecule has 35 heavy (non-hydrogen) atoms. The van der Waals surface area contributed by atoms with E-state index in [0.717, 1.165) is 47.7 Å². The van der Waals surface area contributed by atoms with Crippen LogP contribution >= 0.6 is 11.3 Å². The SMILES string of the molecule is CCOc1cc([C@H]2NC(=O)c3c(sc4c3CCN(CC)C4)N2)ccc1OC(=O)c1ccc(C)cc1. The van der Waals surface area contributed by atoms with Gasteiger partial charge >= 0.3 is 5.97 Å². The average molecular weight is 492 g/mol. The fourth-order valence-corrected chi connectivity index (χ4v) is 5.83. The predicted octanol–water partition coefficient (Wildman–Crippen LogP) is 4.91. The molecule has 0 saturated carbocycles. The summed E-state index contributed by atoms with van der Waals surface area (Å²) in [6.07, 6.45) is 0.489. The number of benzene rings is 2. The number of hydrogen-bond donors (Lipinski definition) is 2. The summed E-state index contributed by atoms with van der Waals surface area (Å²) in [5.74, 6) is 0.295. The van der Waals surface area contributed by atoms with Crippen LogP contribution in [0, 0.1) is 6.92 Å². The van der Waals surface area contributed by atoms with Gasteiger partial charge in [-0.1, -0.05) is 30.7 Å². The number of fused-ring (bicyclic) bond motifs is 3. The van der Waals surface area contributed by atoms with E-state index in [-0.39, 0.29) is 5.91 Å². The zero-order valence-corrected chi connectivity index (χ0v) is 21.0. The second-order valence-electron chi connectivity index (χ2n) is 8.77. The number of rotatable bonds is 6. The van der Waals surface area contributed by atoms with Gasteiger partial charge in [-0.15, -0.1) is 11.3 Å². The van der Waals surface area contributed by atoms with Gasteiger partial charge in [-0.05, 0) is 62.2 Å². The number of nitrogens with zero attached hydrogens (tertiary/aromatic N) is 1. The Balaban J connectivity index is 1.38. The number of hydrogen-bond acceptors (Lipinski definition) is 7. The van der Waals surface area contributed by atoms with Crippen LogP contribution < -0.4 is 20.1 Å². The lowest BCUT2D eigenvalue weighted by atomic mass is 10.0. The Labute approximate surface area is 209 Å². The summed E-state index contributed by atoms with van der Waals surface area (Å²) in [5.41, 5.74) is 4.32. The first-order valence-electron chi connectivity index (χ1n) is 12.0. The van der Waals surface area contributed by atoms with Crippen LogP contribution in [0.4, 0.5) is 5.00 Å². The largest absolute Gasteiger partial charge is 0.490 e. The van der Waals surface area contributed by atoms with E-state index in [1.54, 1.807) is 29.5 Å². The van der Waals surface area contributed by atoms with Crippen LogP contribution in [0.5, 0.6) is 11.5 Å². The molecule has 0 aliphatic carbocycles. The summed E-state index contributed by atoms with van der Waals surface area (Å²) in [5, 5.41) is 7.50. The highest BCUT2D eigenvalue weighted by molar-refractivity contribution is 7.16. The molecule has 1 amide bonds. The molecule has 3 aromatic rings. The normalized spacial score (nSPS) is 17.1. The van der Waals surface area contributed by atoms with Crippen molar-refractivity contribution < 1.29 is 19.1 Å². The van der Waals surface area contributed by atoms with Crippen LogP contribution in [0.15, 0.2) is 42.5 Å². The van der Waals surface area contributed by atoms with Gasteiger partial charge in [0, 0.05) is 18.0 Å². The molecule has 7 nitrogen and oxygen atoms in total. The summed E-state index contributed by atoms with van der Waals surface area (Å²) in [6, 6.07) is 12.6. The summed E-state index contributed by atoms with van der Waals surface area (Å²) in [7, 11) is 0. The van der Waals surface area contributed by atoms with E-state index in [1.807, 2.05) is 38.1 Å². The number of carbonyl (C=O) groups excluding carboxylic acids is 2. The van der Waals surface area contributed by atoms with Crippen LogP contribution in [0.1, 0.15) is 62.3 Å². The number of nitrogens with one attached hydrogen (secondary N) is 2. The van der Waals surface area contributed by atoms with Gasteiger partial charge in [0.1, 0.15) is 11.2 Å². The van der Waals surface area contributed by atoms with Crippen LogP contribution in [0.3, 0.4) is 0 Å². The number of thiophene rings is 1. The van der Waals surface area contributed by atoms with Crippen LogP contribution in [0.25, 0.3) is 0 Å². The number of carbonyl (C=O) groups is 2. The smallest absolute Gasteiger partial charge is 0.343 e. The molecule has 2 N–H and O–H groups in total. The molecular formula is C27H29N3O4S. The van der Waals surface area contributed by atoms with Crippen molar-refractivity contribution in [3.63, 3.8) is 0 Å². The molecule has 0 spiro atoms. The minimum atomic E-state index is -0.447. The third-order valence-corrected chi connectivity index (χ3v) is 7.60. The van der Waals surface area contributed by atoms with E-state index < -0.39 is 12.1 Å². The van der Waals surface area contributed by atoms with Gasteiger partial charge < -0.3 is 20.1 Å². The molecule has 0 unspecified atom stereocenters. The summed E-state index contributed by atoms with van der Waals surface area (Å²) in [4.78, 5) is 29.4. The molecule has 0 saturated heterocycles. The molecule has 1 atom stereocenters. The Morgan fingerprint density at radius 2 is 1.91 bits per heavy atom. The van der Waals surface area contributed by atoms with Gasteiger partial charge in [0.15, 0.2) is 11.5 Å². The zero-order valence-electron chi connectivity index (χ0n) is 20.1. The van der Waals surface area contributed by atoms with Crippen molar-refractivity contribution in [2.45, 2.75) is 39.9 Å². The molecule has 5 rings (SSSR count). The molecule has 2 aromatic carbocycles. The number of aryl methyl sites for hydroxylation is 1. The fraction of sp³-hybridized carbons (Fsp3) is 0.333. The molecule has 8 heteroatoms. The molecule has 182 valence electrons.